The molecule has 0 aliphatic rings. The van der Waals surface area contributed by atoms with Gasteiger partial charge in [-0.15, -0.1) is 0 Å². The number of nitrogens with zero attached hydrogens (tertiary/aromatic N) is 2. The van der Waals surface area contributed by atoms with Crippen LogP contribution in [0.15, 0.2) is 60.8 Å². The van der Waals surface area contributed by atoms with Crippen LogP contribution in [0.2, 0.25) is 0 Å². The third-order valence-corrected chi connectivity index (χ3v) is 4.43. The molecule has 1 amide bonds. The van der Waals surface area contributed by atoms with Crippen molar-refractivity contribution in [3.8, 4) is 5.88 Å². The van der Waals surface area contributed by atoms with Crippen LogP contribution in [-0.4, -0.2) is 23.0 Å². The van der Waals surface area contributed by atoms with E-state index in [0.717, 1.165) is 30.5 Å². The Morgan fingerprint density at radius 2 is 1.62 bits per heavy atom. The largest absolute Gasteiger partial charge is 0.481 e. The van der Waals surface area contributed by atoms with Gasteiger partial charge in [0.1, 0.15) is 5.69 Å². The number of hydrogen-bond acceptors (Lipinski definition) is 4. The van der Waals surface area contributed by atoms with Gasteiger partial charge in [-0.25, -0.2) is 4.98 Å². The molecule has 3 aromatic rings. The van der Waals surface area contributed by atoms with Gasteiger partial charge in [0.2, 0.25) is 5.88 Å². The molecule has 0 aliphatic heterocycles. The lowest BCUT2D eigenvalue weighted by molar-refractivity contribution is -0.139. The molecule has 0 saturated carbocycles. The van der Waals surface area contributed by atoms with Crippen LogP contribution in [0.4, 0.5) is 26.3 Å². The maximum Gasteiger partial charge on any atom is 0.418 e. The normalized spacial score (nSPS) is 12.8. The number of carbonyl (C=O) groups excluding carboxylic acids is 1. The number of methoxy groups -OCH3 is 1. The molecule has 1 aromatic carbocycles. The standard InChI is InChI=1S/C21H15F6N3O2/c1-32-16-6-2-5-15(29-16)19(31)30-17(12-7-9-13(10-8-12)20(22,23)24)18-14(21(25,26)27)4-3-11-28-18/h2-11,17H,1H3,(H,30,31). The van der Waals surface area contributed by atoms with E-state index in [0.29, 0.717) is 12.1 Å². The highest BCUT2D eigenvalue weighted by molar-refractivity contribution is 5.93. The number of ether oxygens (including phenoxy) is 1. The zero-order chi connectivity index (χ0) is 23.5. The van der Waals surface area contributed by atoms with Gasteiger partial charge in [-0.05, 0) is 35.9 Å². The molecule has 1 unspecified atom stereocenters. The van der Waals surface area contributed by atoms with Gasteiger partial charge >= 0.3 is 12.4 Å². The van der Waals surface area contributed by atoms with Crippen LogP contribution < -0.4 is 10.1 Å². The average molecular weight is 455 g/mol. The van der Waals surface area contributed by atoms with Gasteiger partial charge in [0.15, 0.2) is 0 Å². The molecule has 2 aromatic heterocycles. The van der Waals surface area contributed by atoms with Crippen molar-refractivity contribution in [3.05, 3.63) is 88.9 Å². The minimum Gasteiger partial charge on any atom is -0.481 e. The smallest absolute Gasteiger partial charge is 0.418 e. The summed E-state index contributed by atoms with van der Waals surface area (Å²) in [6, 6.07) is 7.98. The Balaban J connectivity index is 2.07. The predicted octanol–water partition coefficient (Wildman–Crippen LogP) is 5.04. The van der Waals surface area contributed by atoms with Gasteiger partial charge in [0, 0.05) is 12.3 Å². The summed E-state index contributed by atoms with van der Waals surface area (Å²) < 4.78 is 84.4. The first-order chi connectivity index (χ1) is 15.0. The molecule has 168 valence electrons. The Morgan fingerprint density at radius 3 is 2.22 bits per heavy atom. The molecule has 5 nitrogen and oxygen atoms in total. The van der Waals surface area contributed by atoms with E-state index in [2.05, 4.69) is 15.3 Å². The number of hydrogen-bond donors (Lipinski definition) is 1. The Hall–Kier alpha value is -3.63. The van der Waals surface area contributed by atoms with E-state index in [4.69, 9.17) is 4.74 Å². The van der Waals surface area contributed by atoms with Crippen LogP contribution in [0.3, 0.4) is 0 Å². The van der Waals surface area contributed by atoms with Gasteiger partial charge < -0.3 is 10.1 Å². The van der Waals surface area contributed by atoms with Crippen molar-refractivity contribution < 1.29 is 35.9 Å². The second-order valence-corrected chi connectivity index (χ2v) is 6.53. The molecule has 0 fully saturated rings. The number of rotatable bonds is 5. The number of carbonyl (C=O) groups is 1. The van der Waals surface area contributed by atoms with E-state index in [1.165, 1.54) is 25.3 Å². The van der Waals surface area contributed by atoms with E-state index < -0.39 is 41.1 Å². The van der Waals surface area contributed by atoms with E-state index in [-0.39, 0.29) is 17.1 Å². The summed E-state index contributed by atoms with van der Waals surface area (Å²) in [6.07, 6.45) is -8.35. The van der Waals surface area contributed by atoms with Gasteiger partial charge in [0.05, 0.1) is 30.0 Å². The summed E-state index contributed by atoms with van der Waals surface area (Å²) in [5.74, 6) is -0.773. The number of halogens is 6. The van der Waals surface area contributed by atoms with E-state index >= 15 is 0 Å². The van der Waals surface area contributed by atoms with Crippen molar-refractivity contribution in [2.75, 3.05) is 7.11 Å². The fourth-order valence-corrected chi connectivity index (χ4v) is 2.92. The van der Waals surface area contributed by atoms with Crippen molar-refractivity contribution in [2.24, 2.45) is 0 Å². The SMILES string of the molecule is COc1cccc(C(=O)NC(c2ccc(C(F)(F)F)cc2)c2ncccc2C(F)(F)F)n1. The molecule has 32 heavy (non-hydrogen) atoms. The number of nitrogens with one attached hydrogen (secondary N) is 1. The third kappa shape index (κ3) is 5.16. The van der Waals surface area contributed by atoms with Crippen LogP contribution in [0.1, 0.15) is 38.9 Å². The summed E-state index contributed by atoms with van der Waals surface area (Å²) >= 11 is 0. The number of amides is 1. The summed E-state index contributed by atoms with van der Waals surface area (Å²) in [5.41, 5.74) is -2.89. The molecule has 0 bridgehead atoms. The quantitative estimate of drug-likeness (QED) is 0.548. The number of aromatic nitrogens is 2. The molecule has 1 atom stereocenters. The van der Waals surface area contributed by atoms with Crippen molar-refractivity contribution >= 4 is 5.91 Å². The topological polar surface area (TPSA) is 64.1 Å². The maximum absolute atomic E-state index is 13.6. The molecule has 1 N–H and O–H groups in total. The van der Waals surface area contributed by atoms with Gasteiger partial charge in [0.25, 0.3) is 5.91 Å². The molecular formula is C21H15F6N3O2. The monoisotopic (exact) mass is 455 g/mol. The summed E-state index contributed by atoms with van der Waals surface area (Å²) in [7, 11) is 1.32. The van der Waals surface area contributed by atoms with E-state index in [1.54, 1.807) is 0 Å². The second kappa shape index (κ2) is 8.85. The van der Waals surface area contributed by atoms with Crippen LogP contribution in [0.5, 0.6) is 5.88 Å². The first-order valence-electron chi connectivity index (χ1n) is 9.02. The minimum absolute atomic E-state index is 0.0292. The number of benzene rings is 1. The first-order valence-corrected chi connectivity index (χ1v) is 9.02. The molecule has 0 saturated heterocycles. The van der Waals surface area contributed by atoms with E-state index in [9.17, 15) is 31.1 Å². The molecule has 11 heteroatoms. The second-order valence-electron chi connectivity index (χ2n) is 6.53. The van der Waals surface area contributed by atoms with E-state index in [1.807, 2.05) is 0 Å². The number of alkyl halides is 6. The molecule has 0 radical (unpaired) electrons. The zero-order valence-corrected chi connectivity index (χ0v) is 16.3. The minimum atomic E-state index is -4.81. The molecule has 0 spiro atoms. The Labute approximate surface area is 178 Å². The van der Waals surface area contributed by atoms with Crippen LogP contribution >= 0.6 is 0 Å². The lowest BCUT2D eigenvalue weighted by Crippen LogP contribution is -2.32. The van der Waals surface area contributed by atoms with Crippen LogP contribution in [0.25, 0.3) is 0 Å². The fraction of sp³-hybridized carbons (Fsp3) is 0.190. The molecular weight excluding hydrogens is 440 g/mol. The predicted molar refractivity (Wildman–Crippen MR) is 101 cm³/mol. The van der Waals surface area contributed by atoms with Crippen molar-refractivity contribution in [2.45, 2.75) is 18.4 Å². The van der Waals surface area contributed by atoms with Crippen molar-refractivity contribution in [1.29, 1.82) is 0 Å². The molecule has 3 rings (SSSR count). The van der Waals surface area contributed by atoms with Gasteiger partial charge in [-0.2, -0.15) is 26.3 Å². The van der Waals surface area contributed by atoms with Crippen molar-refractivity contribution in [1.82, 2.24) is 15.3 Å². The summed E-state index contributed by atoms with van der Waals surface area (Å²) in [4.78, 5) is 20.4. The lowest BCUT2D eigenvalue weighted by Gasteiger charge is -2.22. The Bertz CT molecular complexity index is 1100. The summed E-state index contributed by atoms with van der Waals surface area (Å²) in [6.45, 7) is 0. The maximum atomic E-state index is 13.6. The van der Waals surface area contributed by atoms with Gasteiger partial charge in [-0.3, -0.25) is 9.78 Å². The van der Waals surface area contributed by atoms with Crippen LogP contribution in [-0.2, 0) is 12.4 Å². The fourth-order valence-electron chi connectivity index (χ4n) is 2.92. The molecule has 2 heterocycles. The van der Waals surface area contributed by atoms with Crippen LogP contribution in [0, 0.1) is 0 Å². The Kier molecular flexibility index (Phi) is 6.37. The van der Waals surface area contributed by atoms with Gasteiger partial charge in [-0.1, -0.05) is 18.2 Å². The Morgan fingerprint density at radius 1 is 0.938 bits per heavy atom. The highest BCUT2D eigenvalue weighted by Crippen LogP contribution is 2.36. The average Bonchev–Trinajstić information content (AvgIpc) is 2.76. The highest BCUT2D eigenvalue weighted by atomic mass is 19.4. The first kappa shape index (κ1) is 23.0. The van der Waals surface area contributed by atoms with Crippen molar-refractivity contribution in [3.63, 3.8) is 0 Å². The lowest BCUT2D eigenvalue weighted by atomic mass is 9.97. The number of pyridine rings is 2. The zero-order valence-electron chi connectivity index (χ0n) is 16.3. The third-order valence-electron chi connectivity index (χ3n) is 4.43. The summed E-state index contributed by atoms with van der Waals surface area (Å²) in [5, 5.41) is 2.39. The highest BCUT2D eigenvalue weighted by Gasteiger charge is 2.37. The molecule has 0 aliphatic carbocycles.